The first-order valence-electron chi connectivity index (χ1n) is 5.43. The molecule has 0 atom stereocenters. The molecule has 92 valence electrons. The van der Waals surface area contributed by atoms with Gasteiger partial charge in [0.1, 0.15) is 0 Å². The fourth-order valence-corrected chi connectivity index (χ4v) is 1.82. The van der Waals surface area contributed by atoms with Crippen LogP contribution in [0.1, 0.15) is 25.2 Å². The Morgan fingerprint density at radius 1 is 1.44 bits per heavy atom. The van der Waals surface area contributed by atoms with Crippen molar-refractivity contribution in [3.8, 4) is 0 Å². The largest absolute Gasteiger partial charge is 0.304 e. The Hall–Kier alpha value is -0.250. The lowest BCUT2D eigenvalue weighted by Crippen LogP contribution is -2.45. The van der Waals surface area contributed by atoms with Crippen LogP contribution in [-0.2, 0) is 20.0 Å². The van der Waals surface area contributed by atoms with Gasteiger partial charge in [-0.2, -0.15) is 5.10 Å². The number of nitrogens with one attached hydrogen (secondary N) is 1. The molecule has 0 aliphatic rings. The Labute approximate surface area is 107 Å². The van der Waals surface area contributed by atoms with Gasteiger partial charge in [0.25, 0.3) is 0 Å². The molecule has 1 aromatic rings. The van der Waals surface area contributed by atoms with E-state index in [9.17, 15) is 0 Å². The van der Waals surface area contributed by atoms with Crippen LogP contribution in [-0.4, -0.2) is 27.1 Å². The fourth-order valence-electron chi connectivity index (χ4n) is 1.34. The van der Waals surface area contributed by atoms with E-state index in [0.29, 0.717) is 11.8 Å². The van der Waals surface area contributed by atoms with Crippen molar-refractivity contribution in [1.82, 2.24) is 15.1 Å². The average Bonchev–Trinajstić information content (AvgIpc) is 2.67. The van der Waals surface area contributed by atoms with Gasteiger partial charge < -0.3 is 5.32 Å². The molecule has 0 saturated carbocycles. The molecule has 0 aliphatic heterocycles. The topological polar surface area (TPSA) is 29.9 Å². The van der Waals surface area contributed by atoms with Crippen LogP contribution in [0.15, 0.2) is 6.07 Å². The van der Waals surface area contributed by atoms with Crippen LogP contribution in [0.25, 0.3) is 0 Å². The summed E-state index contributed by atoms with van der Waals surface area (Å²) in [5, 5.41) is 7.76. The zero-order valence-electron chi connectivity index (χ0n) is 10.1. The number of hydrogen-bond acceptors (Lipinski definition) is 2. The van der Waals surface area contributed by atoms with E-state index in [1.54, 1.807) is 0 Å². The summed E-state index contributed by atoms with van der Waals surface area (Å²) in [4.78, 5) is 0. The van der Waals surface area contributed by atoms with Crippen LogP contribution < -0.4 is 5.32 Å². The first-order chi connectivity index (χ1) is 7.54. The molecule has 0 unspecified atom stereocenters. The average molecular weight is 264 g/mol. The lowest BCUT2D eigenvalue weighted by molar-refractivity contribution is 0.426. The summed E-state index contributed by atoms with van der Waals surface area (Å²) in [7, 11) is 1.95. The van der Waals surface area contributed by atoms with Gasteiger partial charge in [0.2, 0.25) is 0 Å². The molecule has 3 nitrogen and oxygen atoms in total. The highest BCUT2D eigenvalue weighted by Crippen LogP contribution is 2.11. The lowest BCUT2D eigenvalue weighted by atomic mass is 10.1. The van der Waals surface area contributed by atoms with Crippen molar-refractivity contribution in [2.75, 3.05) is 11.8 Å². The maximum absolute atomic E-state index is 5.88. The van der Waals surface area contributed by atoms with Crippen LogP contribution in [0.4, 0.5) is 0 Å². The third kappa shape index (κ3) is 3.37. The van der Waals surface area contributed by atoms with E-state index in [-0.39, 0.29) is 5.54 Å². The Morgan fingerprint density at radius 3 is 2.50 bits per heavy atom. The first kappa shape index (κ1) is 13.8. The second kappa shape index (κ2) is 5.89. The normalized spacial score (nSPS) is 12.1. The van der Waals surface area contributed by atoms with Gasteiger partial charge >= 0.3 is 0 Å². The molecule has 16 heavy (non-hydrogen) atoms. The van der Waals surface area contributed by atoms with Gasteiger partial charge in [0, 0.05) is 30.9 Å². The summed E-state index contributed by atoms with van der Waals surface area (Å²) in [5.74, 6) is 0.990. The van der Waals surface area contributed by atoms with E-state index in [4.69, 9.17) is 23.2 Å². The van der Waals surface area contributed by atoms with Gasteiger partial charge in [0.15, 0.2) is 0 Å². The molecular formula is C11H19Cl2N3. The van der Waals surface area contributed by atoms with Crippen LogP contribution >= 0.6 is 23.2 Å². The van der Waals surface area contributed by atoms with E-state index in [1.807, 2.05) is 18.7 Å². The summed E-state index contributed by atoms with van der Waals surface area (Å²) in [5.41, 5.74) is 2.04. The maximum atomic E-state index is 5.88. The minimum absolute atomic E-state index is 0.222. The van der Waals surface area contributed by atoms with Gasteiger partial charge in [-0.25, -0.2) is 0 Å². The van der Waals surface area contributed by atoms with Gasteiger partial charge in [-0.1, -0.05) is 6.92 Å². The molecule has 1 N–H and O–H groups in total. The fraction of sp³-hybridized carbons (Fsp3) is 0.727. The molecule has 5 heteroatoms. The van der Waals surface area contributed by atoms with E-state index < -0.39 is 0 Å². The Morgan fingerprint density at radius 2 is 2.06 bits per heavy atom. The molecule has 0 aliphatic carbocycles. The third-order valence-electron chi connectivity index (χ3n) is 2.68. The SMILES string of the molecule is CCc1cc(CNC(C)(CCl)CCl)n(C)n1. The molecule has 0 amide bonds. The van der Waals surface area contributed by atoms with Crippen LogP contribution in [0.2, 0.25) is 0 Å². The Bertz CT molecular complexity index is 332. The van der Waals surface area contributed by atoms with Crippen LogP contribution in [0, 0.1) is 0 Å². The van der Waals surface area contributed by atoms with Crippen molar-refractivity contribution in [2.45, 2.75) is 32.4 Å². The smallest absolute Gasteiger partial charge is 0.0625 e. The minimum Gasteiger partial charge on any atom is -0.304 e. The number of aryl methyl sites for hydroxylation is 2. The van der Waals surface area contributed by atoms with Crippen molar-refractivity contribution < 1.29 is 0 Å². The van der Waals surface area contributed by atoms with Gasteiger partial charge in [-0.15, -0.1) is 23.2 Å². The number of halogens is 2. The number of alkyl halides is 2. The van der Waals surface area contributed by atoms with E-state index in [1.165, 1.54) is 0 Å². The quantitative estimate of drug-likeness (QED) is 0.799. The Balaban J connectivity index is 2.63. The molecule has 0 aromatic carbocycles. The van der Waals surface area contributed by atoms with Crippen molar-refractivity contribution in [1.29, 1.82) is 0 Å². The summed E-state index contributed by atoms with van der Waals surface area (Å²) in [6, 6.07) is 2.11. The highest BCUT2D eigenvalue weighted by atomic mass is 35.5. The predicted molar refractivity (Wildman–Crippen MR) is 69.3 cm³/mol. The second-order valence-electron chi connectivity index (χ2n) is 4.29. The zero-order valence-corrected chi connectivity index (χ0v) is 11.6. The first-order valence-corrected chi connectivity index (χ1v) is 6.50. The van der Waals surface area contributed by atoms with E-state index >= 15 is 0 Å². The second-order valence-corrected chi connectivity index (χ2v) is 4.82. The molecule has 1 aromatic heterocycles. The molecule has 1 heterocycles. The van der Waals surface area contributed by atoms with E-state index in [0.717, 1.165) is 24.4 Å². The van der Waals surface area contributed by atoms with Crippen molar-refractivity contribution in [2.24, 2.45) is 7.05 Å². The zero-order chi connectivity index (χ0) is 12.2. The molecule has 0 saturated heterocycles. The predicted octanol–water partition coefficient (Wildman–Crippen LogP) is 2.31. The number of aromatic nitrogens is 2. The minimum atomic E-state index is -0.222. The number of nitrogens with zero attached hydrogens (tertiary/aromatic N) is 2. The lowest BCUT2D eigenvalue weighted by Gasteiger charge is -2.25. The highest BCUT2D eigenvalue weighted by Gasteiger charge is 2.21. The molecular weight excluding hydrogens is 245 g/mol. The summed E-state index contributed by atoms with van der Waals surface area (Å²) in [6.45, 7) is 4.85. The molecule has 0 radical (unpaired) electrons. The van der Waals surface area contributed by atoms with E-state index in [2.05, 4.69) is 23.4 Å². The van der Waals surface area contributed by atoms with Gasteiger partial charge in [-0.05, 0) is 19.4 Å². The van der Waals surface area contributed by atoms with Gasteiger partial charge in [0.05, 0.1) is 11.4 Å². The molecule has 0 bridgehead atoms. The van der Waals surface area contributed by atoms with Crippen LogP contribution in [0.5, 0.6) is 0 Å². The summed E-state index contributed by atoms with van der Waals surface area (Å²) in [6.07, 6.45) is 0.954. The number of hydrogen-bond donors (Lipinski definition) is 1. The molecule has 1 rings (SSSR count). The number of rotatable bonds is 6. The maximum Gasteiger partial charge on any atom is 0.0625 e. The third-order valence-corrected chi connectivity index (χ3v) is 3.86. The van der Waals surface area contributed by atoms with Crippen molar-refractivity contribution >= 4 is 23.2 Å². The van der Waals surface area contributed by atoms with Crippen LogP contribution in [0.3, 0.4) is 0 Å². The Kier molecular flexibility index (Phi) is 5.09. The van der Waals surface area contributed by atoms with Crippen molar-refractivity contribution in [3.63, 3.8) is 0 Å². The molecule has 0 spiro atoms. The molecule has 0 fully saturated rings. The highest BCUT2D eigenvalue weighted by molar-refractivity contribution is 6.22. The summed E-state index contributed by atoms with van der Waals surface area (Å²) < 4.78 is 1.90. The van der Waals surface area contributed by atoms with Crippen molar-refractivity contribution in [3.05, 3.63) is 17.5 Å². The standard InChI is InChI=1S/C11H19Cl2N3/c1-4-9-5-10(16(3)15-9)6-14-11(2,7-12)8-13/h5,14H,4,6-8H2,1-3H3. The van der Waals surface area contributed by atoms with Gasteiger partial charge in [-0.3, -0.25) is 4.68 Å². The summed E-state index contributed by atoms with van der Waals surface area (Å²) >= 11 is 11.8. The monoisotopic (exact) mass is 263 g/mol.